The molecule has 40 heteroatoms. The molecule has 1 heterocycles. The van der Waals surface area contributed by atoms with Crippen LogP contribution in [-0.2, 0) is 53.3 Å². The van der Waals surface area contributed by atoms with Crippen LogP contribution < -0.4 is 64.7 Å². The van der Waals surface area contributed by atoms with Crippen molar-refractivity contribution in [1.82, 2.24) is 0 Å². The van der Waals surface area contributed by atoms with Crippen molar-refractivity contribution < 1.29 is 171 Å². The smallest absolute Gasteiger partial charge is 0.280 e. The molecule has 0 aliphatic carbocycles. The SMILES string of the molecule is O.O.O.O.O=P1([O-])OP(=O)([O-])OP(=O)([O-])OP(=O)([O-])OP(=O)([O-])OP(=O)([O-])O1.[NH3+]O.[NH3+]O.[NH3+]O.[NH3+]O.[NH3+]O.[NH3+]O. The second-order valence-electron chi connectivity index (χ2n) is 3.17. The van der Waals surface area contributed by atoms with Gasteiger partial charge in [-0.3, -0.25) is 27.4 Å². The van der Waals surface area contributed by atoms with Gasteiger partial charge in [-0.2, -0.15) is 0 Å². The largest absolute Gasteiger partial charge is 0.756 e. The van der Waals surface area contributed by atoms with E-state index in [0.29, 0.717) is 0 Å². The van der Waals surface area contributed by atoms with Gasteiger partial charge >= 0.3 is 0 Å². The zero-order chi connectivity index (χ0) is 31.2. The lowest BCUT2D eigenvalue weighted by atomic mass is 13.6. The maximum absolute atomic E-state index is 11.0. The first-order chi connectivity index (χ1) is 16.2. The van der Waals surface area contributed by atoms with E-state index in [-0.39, 0.29) is 21.9 Å². The lowest BCUT2D eigenvalue weighted by Crippen LogP contribution is -2.42. The van der Waals surface area contributed by atoms with Gasteiger partial charge in [-0.1, -0.05) is 0 Å². The number of hydrogen-bond donors (Lipinski definition) is 12. The molecule has 40 heavy (non-hydrogen) atoms. The molecule has 1 saturated heterocycles. The zero-order valence-corrected chi connectivity index (χ0v) is 24.3. The van der Waals surface area contributed by atoms with Gasteiger partial charge in [0.15, 0.2) is 0 Å². The highest BCUT2D eigenvalue weighted by atomic mass is 31.3. The summed E-state index contributed by atoms with van der Waals surface area (Å²) in [5.41, 5.74) is 0. The molecule has 0 spiro atoms. The third-order valence-electron chi connectivity index (χ3n) is 1.20. The zero-order valence-electron chi connectivity index (χ0n) is 19.0. The van der Waals surface area contributed by atoms with Crippen molar-refractivity contribution in [2.75, 3.05) is 0 Å². The maximum atomic E-state index is 11.0. The van der Waals surface area contributed by atoms with E-state index < -0.39 is 46.9 Å². The minimum atomic E-state index is -6.56. The van der Waals surface area contributed by atoms with Crippen molar-refractivity contribution in [1.29, 1.82) is 0 Å². The van der Waals surface area contributed by atoms with Crippen molar-refractivity contribution in [2.24, 2.45) is 0 Å². The van der Waals surface area contributed by atoms with Gasteiger partial charge < -0.3 is 51.3 Å². The van der Waals surface area contributed by atoms with Gasteiger partial charge in [0.2, 0.25) is 0 Å². The van der Waals surface area contributed by atoms with Crippen molar-refractivity contribution >= 4 is 46.9 Å². The minimum Gasteiger partial charge on any atom is -0.756 e. The van der Waals surface area contributed by atoms with Crippen LogP contribution in [0.3, 0.4) is 0 Å². The average Bonchev–Trinajstić information content (AvgIpc) is 2.70. The Morgan fingerprint density at radius 3 is 0.400 bits per heavy atom. The molecule has 1 aliphatic heterocycles. The van der Waals surface area contributed by atoms with Gasteiger partial charge in [0.25, 0.3) is 46.9 Å². The summed E-state index contributed by atoms with van der Waals surface area (Å²) in [4.78, 5) is 65.8. The molecule has 1 fully saturated rings. The number of rotatable bonds is 0. The molecule has 260 valence electrons. The molecule has 1 rings (SSSR count). The summed E-state index contributed by atoms with van der Waals surface area (Å²) in [7, 11) is -39.3. The number of quaternary nitrogens is 6. The highest BCUT2D eigenvalue weighted by molar-refractivity contribution is 7.73. The highest BCUT2D eigenvalue weighted by Gasteiger charge is 2.36. The van der Waals surface area contributed by atoms with E-state index in [1.54, 1.807) is 0 Å². The third kappa shape index (κ3) is 40.4. The molecule has 0 bridgehead atoms. The predicted molar refractivity (Wildman–Crippen MR) is 94.7 cm³/mol. The van der Waals surface area contributed by atoms with Gasteiger partial charge in [0, 0.05) is 0 Å². The fourth-order valence-corrected chi connectivity index (χ4v) is 9.03. The summed E-state index contributed by atoms with van der Waals surface area (Å²) in [5, 5.41) is 40.5. The topological polar surface area (TPSA) is 709 Å². The van der Waals surface area contributed by atoms with Crippen molar-refractivity contribution in [3.63, 3.8) is 0 Å². The van der Waals surface area contributed by atoms with Crippen LogP contribution in [0.1, 0.15) is 0 Å². The Bertz CT molecular complexity index is 603. The van der Waals surface area contributed by atoms with Crippen LogP contribution in [-0.4, -0.2) is 53.1 Å². The highest BCUT2D eigenvalue weighted by Crippen LogP contribution is 2.74. The molecular formula is H32N6O28P6. The Labute approximate surface area is 219 Å². The normalized spacial score (nSPS) is 34.0. The molecule has 0 atom stereocenters. The molecule has 0 aromatic carbocycles. The molecule has 0 aromatic heterocycles. The number of phosphoric acid groups is 6. The van der Waals surface area contributed by atoms with E-state index in [4.69, 9.17) is 31.2 Å². The van der Waals surface area contributed by atoms with Crippen LogP contribution >= 0.6 is 46.9 Å². The van der Waals surface area contributed by atoms with Crippen LogP contribution in [0.25, 0.3) is 0 Å². The Kier molecular flexibility index (Phi) is 54.5. The Hall–Kier alpha value is 0.260. The molecule has 0 saturated carbocycles. The maximum Gasteiger partial charge on any atom is 0.280 e. The summed E-state index contributed by atoms with van der Waals surface area (Å²) in [6, 6.07) is 0. The first kappa shape index (κ1) is 67.8. The van der Waals surface area contributed by atoms with Crippen molar-refractivity contribution in [3.05, 3.63) is 0 Å². The standard InChI is InChI=1S/6H4NO.H6O18P6.4H2O/c6*1-2;1-19(2)13-20(3,4)15-22(7,8)17-24(11,12)18-23(9,10)16-21(5,6)14-19;;;;/h6*2H,1H3;(H,1,2)(H,3,4)(H,5,6)(H,7,8)(H,9,10)(H,11,12);4*1H2/q6*+1;;;;;/p-6. The summed E-state index contributed by atoms with van der Waals surface area (Å²) < 4.78 is 83.4. The minimum absolute atomic E-state index is 0. The van der Waals surface area contributed by atoms with Gasteiger partial charge in [-0.15, -0.1) is 0 Å². The molecule has 0 radical (unpaired) electrons. The Morgan fingerprint density at radius 1 is 0.300 bits per heavy atom. The van der Waals surface area contributed by atoms with Crippen LogP contribution in [0.15, 0.2) is 0 Å². The molecule has 32 N–H and O–H groups in total. The van der Waals surface area contributed by atoms with Crippen molar-refractivity contribution in [2.45, 2.75) is 0 Å². The quantitative estimate of drug-likeness (QED) is 0.0807. The summed E-state index contributed by atoms with van der Waals surface area (Å²) in [6.07, 6.45) is 0. The molecule has 0 aromatic rings. The predicted octanol–water partition coefficient (Wildman–Crippen LogP) is -14.7. The Balaban J connectivity index is -0.0000000622. The Morgan fingerprint density at radius 2 is 0.350 bits per heavy atom. The third-order valence-corrected chi connectivity index (χ3v) is 10.8. The van der Waals surface area contributed by atoms with E-state index in [9.17, 15) is 56.8 Å². The number of hydrogen-bond acceptors (Lipinski definition) is 24. The van der Waals surface area contributed by atoms with Gasteiger partial charge in [0.1, 0.15) is 0 Å². The fraction of sp³-hybridized carbons (Fsp3) is 0. The van der Waals surface area contributed by atoms with E-state index in [1.165, 1.54) is 0 Å². The van der Waals surface area contributed by atoms with E-state index in [2.05, 4.69) is 61.2 Å². The van der Waals surface area contributed by atoms with Crippen LogP contribution in [0.5, 0.6) is 0 Å². The van der Waals surface area contributed by atoms with Gasteiger partial charge in [0.05, 0.1) is 0 Å². The average molecular weight is 750 g/mol. The van der Waals surface area contributed by atoms with Crippen molar-refractivity contribution in [3.8, 4) is 0 Å². The second-order valence-corrected chi connectivity index (χ2v) is 12.5. The van der Waals surface area contributed by atoms with Gasteiger partial charge in [-0.05, 0) is 0 Å². The summed E-state index contributed by atoms with van der Waals surface area (Å²) in [6.45, 7) is 0. The summed E-state index contributed by atoms with van der Waals surface area (Å²) >= 11 is 0. The lowest BCUT2D eigenvalue weighted by Gasteiger charge is -2.41. The molecule has 1 aliphatic rings. The second kappa shape index (κ2) is 32.2. The van der Waals surface area contributed by atoms with E-state index >= 15 is 0 Å². The lowest BCUT2D eigenvalue weighted by molar-refractivity contribution is -0.670. The molecule has 0 amide bonds. The molecule has 0 unspecified atom stereocenters. The molecular weight excluding hydrogens is 718 g/mol. The first-order valence-electron chi connectivity index (χ1n) is 6.28. The molecule has 34 nitrogen and oxygen atoms in total. The first-order valence-corrected chi connectivity index (χ1v) is 15.0. The van der Waals surface area contributed by atoms with Crippen LogP contribution in [0.4, 0.5) is 0 Å². The van der Waals surface area contributed by atoms with E-state index in [0.717, 1.165) is 0 Å². The monoisotopic (exact) mass is 750 g/mol. The van der Waals surface area contributed by atoms with Crippen LogP contribution in [0, 0.1) is 0 Å². The fourth-order valence-electron chi connectivity index (χ4n) is 0.824. The van der Waals surface area contributed by atoms with Gasteiger partial charge in [-0.25, -0.2) is 92.5 Å². The summed E-state index contributed by atoms with van der Waals surface area (Å²) in [5.74, 6) is 13.5. The van der Waals surface area contributed by atoms with E-state index in [1.807, 2.05) is 0 Å². The van der Waals surface area contributed by atoms with Crippen LogP contribution in [0.2, 0.25) is 0 Å².